The van der Waals surface area contributed by atoms with Gasteiger partial charge in [-0.25, -0.2) is 9.74 Å². The lowest BCUT2D eigenvalue weighted by Gasteiger charge is -2.15. The third kappa shape index (κ3) is 3.86. The summed E-state index contributed by atoms with van der Waals surface area (Å²) in [7, 11) is 0. The molecule has 6 aromatic carbocycles. The van der Waals surface area contributed by atoms with E-state index in [-0.39, 0.29) is 11.8 Å². The first-order valence-corrected chi connectivity index (χ1v) is 14.3. The maximum atomic E-state index is 14.1. The van der Waals surface area contributed by atoms with Gasteiger partial charge < -0.3 is 4.57 Å². The fourth-order valence-corrected chi connectivity index (χ4v) is 6.29. The van der Waals surface area contributed by atoms with Crippen molar-refractivity contribution in [3.8, 4) is 27.9 Å². The highest BCUT2D eigenvalue weighted by Gasteiger charge is 2.39. The summed E-state index contributed by atoms with van der Waals surface area (Å²) in [6.45, 7) is 7.41. The Balaban J connectivity index is 1.26. The van der Waals surface area contributed by atoms with Crippen LogP contribution in [0.2, 0.25) is 0 Å². The van der Waals surface area contributed by atoms with Crippen LogP contribution >= 0.6 is 0 Å². The first kappa shape index (κ1) is 25.5. The van der Waals surface area contributed by atoms with Crippen LogP contribution in [-0.4, -0.2) is 16.4 Å². The molecule has 0 saturated heterocycles. The first-order chi connectivity index (χ1) is 21.6. The molecule has 1 aromatic heterocycles. The number of benzene rings is 6. The Morgan fingerprint density at radius 1 is 0.523 bits per heavy atom. The normalized spacial score (nSPS) is 12.6. The van der Waals surface area contributed by atoms with Gasteiger partial charge in [-0.15, -0.1) is 0 Å². The van der Waals surface area contributed by atoms with E-state index in [2.05, 4.69) is 27.6 Å². The maximum Gasteiger partial charge on any atom is 0.268 e. The minimum atomic E-state index is -0.341. The fraction of sp³-hybridized carbons (Fsp3) is 0. The van der Waals surface area contributed by atoms with E-state index in [0.29, 0.717) is 28.2 Å². The number of para-hydroxylation sites is 1. The van der Waals surface area contributed by atoms with Crippen molar-refractivity contribution in [1.82, 2.24) is 4.57 Å². The smallest absolute Gasteiger partial charge is 0.268 e. The van der Waals surface area contributed by atoms with Gasteiger partial charge >= 0.3 is 0 Å². The van der Waals surface area contributed by atoms with Gasteiger partial charge in [-0.3, -0.25) is 9.59 Å². The molecule has 44 heavy (non-hydrogen) atoms. The third-order valence-electron chi connectivity index (χ3n) is 8.35. The number of imide groups is 1. The van der Waals surface area contributed by atoms with Gasteiger partial charge in [-0.1, -0.05) is 91.0 Å². The summed E-state index contributed by atoms with van der Waals surface area (Å²) in [5.74, 6) is -0.673. The number of aromatic nitrogens is 1. The van der Waals surface area contributed by atoms with Crippen molar-refractivity contribution in [2.75, 3.05) is 4.90 Å². The Morgan fingerprint density at radius 2 is 1.18 bits per heavy atom. The molecule has 0 saturated carbocycles. The molecular weight excluding hydrogens is 542 g/mol. The van der Waals surface area contributed by atoms with Gasteiger partial charge in [-0.2, -0.15) is 0 Å². The summed E-state index contributed by atoms with van der Waals surface area (Å²) in [5, 5.41) is 2.06. The quantitative estimate of drug-likeness (QED) is 0.158. The molecule has 0 radical (unpaired) electrons. The van der Waals surface area contributed by atoms with Crippen LogP contribution in [0, 0.1) is 6.57 Å². The fourth-order valence-electron chi connectivity index (χ4n) is 6.29. The molecule has 5 heteroatoms. The summed E-state index contributed by atoms with van der Waals surface area (Å²) in [4.78, 5) is 32.7. The Kier molecular flexibility index (Phi) is 5.75. The highest BCUT2D eigenvalue weighted by Crippen LogP contribution is 2.39. The summed E-state index contributed by atoms with van der Waals surface area (Å²) in [6, 6.07) is 44.9. The van der Waals surface area contributed by atoms with E-state index < -0.39 is 0 Å². The lowest BCUT2D eigenvalue weighted by molar-refractivity contribution is 0.0926. The molecule has 1 aliphatic heterocycles. The van der Waals surface area contributed by atoms with Crippen molar-refractivity contribution in [2.24, 2.45) is 0 Å². The average Bonchev–Trinajstić information content (AvgIpc) is 3.55. The second kappa shape index (κ2) is 9.94. The van der Waals surface area contributed by atoms with Crippen LogP contribution in [0.5, 0.6) is 0 Å². The van der Waals surface area contributed by atoms with E-state index in [1.165, 1.54) is 4.90 Å². The van der Waals surface area contributed by atoms with E-state index in [1.54, 1.807) is 12.1 Å². The zero-order valence-electron chi connectivity index (χ0n) is 23.4. The number of rotatable bonds is 4. The predicted octanol–water partition coefficient (Wildman–Crippen LogP) is 9.47. The second-order valence-electron chi connectivity index (χ2n) is 10.8. The van der Waals surface area contributed by atoms with Gasteiger partial charge in [0.05, 0.1) is 40.1 Å². The zero-order chi connectivity index (χ0) is 29.8. The lowest BCUT2D eigenvalue weighted by Crippen LogP contribution is -2.29. The SMILES string of the molecule is [C-]#[N+]c1cccc(-c2ccc3c(c2)c2ccccc2n3-c2cccc3c2C(=O)N(c2ccc(-c4ccccc4)cc2)C3=O)c1. The molecule has 5 nitrogen and oxygen atoms in total. The highest BCUT2D eigenvalue weighted by molar-refractivity contribution is 6.35. The van der Waals surface area contributed by atoms with E-state index in [9.17, 15) is 9.59 Å². The largest absolute Gasteiger partial charge is 0.308 e. The molecular formula is C39H23N3O2. The van der Waals surface area contributed by atoms with Crippen LogP contribution in [0.4, 0.5) is 11.4 Å². The second-order valence-corrected chi connectivity index (χ2v) is 10.8. The Labute approximate surface area is 253 Å². The van der Waals surface area contributed by atoms with Crippen LogP contribution in [0.15, 0.2) is 140 Å². The highest BCUT2D eigenvalue weighted by atomic mass is 16.2. The monoisotopic (exact) mass is 565 g/mol. The van der Waals surface area contributed by atoms with Crippen molar-refractivity contribution in [1.29, 1.82) is 0 Å². The molecule has 0 N–H and O–H groups in total. The zero-order valence-corrected chi connectivity index (χ0v) is 23.4. The summed E-state index contributed by atoms with van der Waals surface area (Å²) in [6.07, 6.45) is 0. The number of nitrogens with zero attached hydrogens (tertiary/aromatic N) is 3. The van der Waals surface area contributed by atoms with Crippen LogP contribution in [0.3, 0.4) is 0 Å². The number of amides is 2. The van der Waals surface area contributed by atoms with E-state index in [1.807, 2.05) is 109 Å². The number of carbonyl (C=O) groups excluding carboxylic acids is 2. The molecule has 1 aliphatic rings. The molecule has 0 spiro atoms. The number of hydrogen-bond acceptors (Lipinski definition) is 2. The van der Waals surface area contributed by atoms with E-state index >= 15 is 0 Å². The van der Waals surface area contributed by atoms with Crippen molar-refractivity contribution < 1.29 is 9.59 Å². The topological polar surface area (TPSA) is 46.7 Å². The van der Waals surface area contributed by atoms with Gasteiger partial charge in [0.1, 0.15) is 0 Å². The predicted molar refractivity (Wildman–Crippen MR) is 175 cm³/mol. The van der Waals surface area contributed by atoms with Gasteiger partial charge in [0.25, 0.3) is 11.8 Å². The van der Waals surface area contributed by atoms with E-state index in [0.717, 1.165) is 44.1 Å². The van der Waals surface area contributed by atoms with Gasteiger partial charge in [0, 0.05) is 10.8 Å². The molecule has 0 aliphatic carbocycles. The van der Waals surface area contributed by atoms with Gasteiger partial charge in [0.2, 0.25) is 0 Å². The standard InChI is InChI=1S/C39H23N3O2/c1-40-29-12-7-11-27(23-29)28-19-22-35-33(24-28)31-13-5-6-15-34(31)42(35)36-16-8-14-32-37(36)39(44)41(38(32)43)30-20-17-26(18-21-30)25-9-3-2-4-10-25/h2-24H. The minimum absolute atomic E-state index is 0.331. The number of anilines is 1. The van der Waals surface area contributed by atoms with Crippen LogP contribution in [0.1, 0.15) is 20.7 Å². The summed E-state index contributed by atoms with van der Waals surface area (Å²) < 4.78 is 2.08. The Hall–Kier alpha value is -6.25. The first-order valence-electron chi connectivity index (χ1n) is 14.3. The Bertz CT molecular complexity index is 2330. The van der Waals surface area contributed by atoms with Crippen LogP contribution < -0.4 is 4.90 Å². The number of carbonyl (C=O) groups is 2. The molecule has 2 amide bonds. The average molecular weight is 566 g/mol. The van der Waals surface area contributed by atoms with Gasteiger partial charge in [0.15, 0.2) is 5.69 Å². The maximum absolute atomic E-state index is 14.1. The van der Waals surface area contributed by atoms with E-state index in [4.69, 9.17) is 6.57 Å². The molecule has 0 unspecified atom stereocenters. The molecule has 2 heterocycles. The molecule has 8 rings (SSSR count). The molecule has 206 valence electrons. The minimum Gasteiger partial charge on any atom is -0.308 e. The third-order valence-corrected chi connectivity index (χ3v) is 8.35. The molecule has 0 atom stereocenters. The van der Waals surface area contributed by atoms with Crippen molar-refractivity contribution in [3.05, 3.63) is 162 Å². The Morgan fingerprint density at radius 3 is 2.00 bits per heavy atom. The van der Waals surface area contributed by atoms with Crippen molar-refractivity contribution in [3.63, 3.8) is 0 Å². The summed E-state index contributed by atoms with van der Waals surface area (Å²) in [5.41, 5.74) is 8.48. The molecule has 7 aromatic rings. The van der Waals surface area contributed by atoms with Crippen LogP contribution in [0.25, 0.3) is 54.6 Å². The van der Waals surface area contributed by atoms with Crippen LogP contribution in [-0.2, 0) is 0 Å². The van der Waals surface area contributed by atoms with Crippen molar-refractivity contribution >= 4 is 45.0 Å². The number of fused-ring (bicyclic) bond motifs is 4. The number of hydrogen-bond donors (Lipinski definition) is 0. The molecule has 0 bridgehead atoms. The lowest BCUT2D eigenvalue weighted by atomic mass is 10.0. The van der Waals surface area contributed by atoms with Crippen molar-refractivity contribution in [2.45, 2.75) is 0 Å². The van der Waals surface area contributed by atoms with Gasteiger partial charge in [-0.05, 0) is 70.8 Å². The summed E-state index contributed by atoms with van der Waals surface area (Å²) >= 11 is 0. The molecule has 0 fully saturated rings.